The van der Waals surface area contributed by atoms with E-state index >= 15 is 0 Å². The monoisotopic (exact) mass is 270 g/mol. The van der Waals surface area contributed by atoms with Crippen LogP contribution < -0.4 is 4.74 Å². The fourth-order valence-electron chi connectivity index (χ4n) is 3.12. The highest BCUT2D eigenvalue weighted by molar-refractivity contribution is 6.00. The average Bonchev–Trinajstić information content (AvgIpc) is 2.48. The predicted octanol–water partition coefficient (Wildman–Crippen LogP) is 2.38. The number of carbonyl (C=O) groups excluding carboxylic acids is 1. The lowest BCUT2D eigenvalue weighted by atomic mass is 9.82. The molecule has 0 atom stereocenters. The number of nitrogens with zero attached hydrogens (tertiary/aromatic N) is 2. The van der Waals surface area contributed by atoms with Crippen LogP contribution in [0, 0.1) is 11.3 Å². The molecule has 4 heteroatoms. The molecule has 3 rings (SSSR count). The van der Waals surface area contributed by atoms with E-state index in [1.54, 1.807) is 18.2 Å². The van der Waals surface area contributed by atoms with Gasteiger partial charge in [-0.15, -0.1) is 0 Å². The van der Waals surface area contributed by atoms with Gasteiger partial charge in [-0.25, -0.2) is 0 Å². The van der Waals surface area contributed by atoms with E-state index in [4.69, 9.17) is 10.00 Å². The van der Waals surface area contributed by atoms with Gasteiger partial charge in [0.1, 0.15) is 11.4 Å². The van der Waals surface area contributed by atoms with Gasteiger partial charge < -0.3 is 9.64 Å². The van der Waals surface area contributed by atoms with Crippen molar-refractivity contribution in [3.05, 3.63) is 29.3 Å². The van der Waals surface area contributed by atoms with Crippen LogP contribution in [0.25, 0.3) is 0 Å². The van der Waals surface area contributed by atoms with Crippen LogP contribution >= 0.6 is 0 Å². The quantitative estimate of drug-likeness (QED) is 0.786. The molecular weight excluding hydrogens is 252 g/mol. The first-order valence-electron chi connectivity index (χ1n) is 7.14. The number of carbonyl (C=O) groups is 1. The van der Waals surface area contributed by atoms with Gasteiger partial charge in [0.15, 0.2) is 5.78 Å². The number of benzene rings is 1. The van der Waals surface area contributed by atoms with Crippen LogP contribution in [0.2, 0.25) is 0 Å². The second kappa shape index (κ2) is 4.92. The van der Waals surface area contributed by atoms with Crippen molar-refractivity contribution in [3.63, 3.8) is 0 Å². The number of Topliss-reactive ketones (excluding diaryl/α,β-unsaturated/α-hetero) is 1. The summed E-state index contributed by atoms with van der Waals surface area (Å²) in [6, 6.07) is 7.19. The van der Waals surface area contributed by atoms with Gasteiger partial charge in [0.05, 0.1) is 23.6 Å². The lowest BCUT2D eigenvalue weighted by Gasteiger charge is -2.43. The molecule has 1 aromatic rings. The highest BCUT2D eigenvalue weighted by atomic mass is 16.5. The standard InChI is InChI=1S/C16H18N2O2/c1-2-18-7-5-16(6-8-18)10-14(19)13-9-12(11-17)3-4-15(13)20-16/h3-4,9H,2,5-8,10H2,1H3. The Morgan fingerprint density at radius 2 is 2.15 bits per heavy atom. The van der Waals surface area contributed by atoms with E-state index in [1.807, 2.05) is 0 Å². The Bertz CT molecular complexity index is 581. The zero-order valence-electron chi connectivity index (χ0n) is 11.7. The van der Waals surface area contributed by atoms with Crippen LogP contribution in [0.4, 0.5) is 0 Å². The molecule has 2 aliphatic heterocycles. The molecule has 1 aromatic carbocycles. The molecule has 2 heterocycles. The number of nitriles is 1. The summed E-state index contributed by atoms with van der Waals surface area (Å²) in [4.78, 5) is 14.8. The lowest BCUT2D eigenvalue weighted by molar-refractivity contribution is -0.00781. The van der Waals surface area contributed by atoms with Crippen molar-refractivity contribution >= 4 is 5.78 Å². The molecule has 0 aliphatic carbocycles. The highest BCUT2D eigenvalue weighted by Gasteiger charge is 2.42. The van der Waals surface area contributed by atoms with Crippen molar-refractivity contribution in [2.24, 2.45) is 0 Å². The Hall–Kier alpha value is -1.86. The van der Waals surface area contributed by atoms with Gasteiger partial charge in [-0.05, 0) is 24.7 Å². The number of likely N-dealkylation sites (tertiary alicyclic amines) is 1. The number of rotatable bonds is 1. The lowest BCUT2D eigenvalue weighted by Crippen LogP contribution is -2.50. The van der Waals surface area contributed by atoms with Crippen molar-refractivity contribution in [3.8, 4) is 11.8 Å². The molecular formula is C16H18N2O2. The molecule has 0 amide bonds. The van der Waals surface area contributed by atoms with Gasteiger partial charge in [0.2, 0.25) is 0 Å². The van der Waals surface area contributed by atoms with Crippen LogP contribution in [-0.4, -0.2) is 35.9 Å². The summed E-state index contributed by atoms with van der Waals surface area (Å²) in [7, 11) is 0. The van der Waals surface area contributed by atoms with Gasteiger partial charge in [0, 0.05) is 25.9 Å². The molecule has 0 N–H and O–H groups in total. The number of piperidine rings is 1. The third kappa shape index (κ3) is 2.19. The first-order chi connectivity index (χ1) is 9.65. The minimum Gasteiger partial charge on any atom is -0.486 e. The predicted molar refractivity (Wildman–Crippen MR) is 74.8 cm³/mol. The largest absolute Gasteiger partial charge is 0.486 e. The van der Waals surface area contributed by atoms with Crippen LogP contribution in [0.3, 0.4) is 0 Å². The number of ether oxygens (including phenoxy) is 1. The van der Waals surface area contributed by atoms with Gasteiger partial charge >= 0.3 is 0 Å². The van der Waals surface area contributed by atoms with Crippen LogP contribution in [-0.2, 0) is 0 Å². The molecule has 0 radical (unpaired) electrons. The van der Waals surface area contributed by atoms with Crippen molar-refractivity contribution in [2.45, 2.75) is 31.8 Å². The van der Waals surface area contributed by atoms with Crippen LogP contribution in [0.15, 0.2) is 18.2 Å². The van der Waals surface area contributed by atoms with E-state index in [2.05, 4.69) is 17.9 Å². The summed E-state index contributed by atoms with van der Waals surface area (Å²) >= 11 is 0. The Morgan fingerprint density at radius 3 is 2.80 bits per heavy atom. The molecule has 0 aromatic heterocycles. The van der Waals surface area contributed by atoms with Gasteiger partial charge in [0.25, 0.3) is 0 Å². The first-order valence-corrected chi connectivity index (χ1v) is 7.14. The van der Waals surface area contributed by atoms with Crippen LogP contribution in [0.1, 0.15) is 42.1 Å². The van der Waals surface area contributed by atoms with Crippen molar-refractivity contribution < 1.29 is 9.53 Å². The molecule has 1 spiro atoms. The number of ketones is 1. The minimum atomic E-state index is -0.329. The van der Waals surface area contributed by atoms with E-state index < -0.39 is 0 Å². The summed E-state index contributed by atoms with van der Waals surface area (Å²) in [5, 5.41) is 8.92. The summed E-state index contributed by atoms with van der Waals surface area (Å²) in [5.41, 5.74) is 0.745. The Balaban J connectivity index is 1.86. The van der Waals surface area contributed by atoms with E-state index in [1.165, 1.54) is 0 Å². The average molecular weight is 270 g/mol. The van der Waals surface area contributed by atoms with Crippen molar-refractivity contribution in [1.29, 1.82) is 5.26 Å². The number of hydrogen-bond donors (Lipinski definition) is 0. The molecule has 20 heavy (non-hydrogen) atoms. The van der Waals surface area contributed by atoms with Crippen molar-refractivity contribution in [2.75, 3.05) is 19.6 Å². The van der Waals surface area contributed by atoms with Gasteiger partial charge in [-0.1, -0.05) is 6.92 Å². The van der Waals surface area contributed by atoms with E-state index in [-0.39, 0.29) is 11.4 Å². The summed E-state index contributed by atoms with van der Waals surface area (Å²) in [5.74, 6) is 0.749. The normalized spacial score (nSPS) is 21.1. The smallest absolute Gasteiger partial charge is 0.170 e. The minimum absolute atomic E-state index is 0.105. The number of hydrogen-bond acceptors (Lipinski definition) is 4. The summed E-state index contributed by atoms with van der Waals surface area (Å²) in [6.07, 6.45) is 2.23. The Morgan fingerprint density at radius 1 is 1.40 bits per heavy atom. The SMILES string of the molecule is CCN1CCC2(CC1)CC(=O)c1cc(C#N)ccc1O2. The summed E-state index contributed by atoms with van der Waals surface area (Å²) in [6.45, 7) is 5.17. The highest BCUT2D eigenvalue weighted by Crippen LogP contribution is 2.39. The Kier molecular flexibility index (Phi) is 3.23. The van der Waals surface area contributed by atoms with E-state index in [0.29, 0.717) is 23.3 Å². The molecule has 1 saturated heterocycles. The van der Waals surface area contributed by atoms with E-state index in [0.717, 1.165) is 32.5 Å². The van der Waals surface area contributed by atoms with E-state index in [9.17, 15) is 4.79 Å². The molecule has 0 unspecified atom stereocenters. The number of fused-ring (bicyclic) bond motifs is 1. The maximum Gasteiger partial charge on any atom is 0.170 e. The summed E-state index contributed by atoms with van der Waals surface area (Å²) < 4.78 is 6.17. The zero-order chi connectivity index (χ0) is 14.2. The second-order valence-electron chi connectivity index (χ2n) is 5.64. The third-order valence-electron chi connectivity index (χ3n) is 4.43. The molecule has 4 nitrogen and oxygen atoms in total. The second-order valence-corrected chi connectivity index (χ2v) is 5.64. The third-order valence-corrected chi connectivity index (χ3v) is 4.43. The van der Waals surface area contributed by atoms with Crippen molar-refractivity contribution in [1.82, 2.24) is 4.90 Å². The topological polar surface area (TPSA) is 53.3 Å². The van der Waals surface area contributed by atoms with Gasteiger partial charge in [-0.3, -0.25) is 4.79 Å². The Labute approximate surface area is 118 Å². The fourth-order valence-corrected chi connectivity index (χ4v) is 3.12. The zero-order valence-corrected chi connectivity index (χ0v) is 11.7. The van der Waals surface area contributed by atoms with Gasteiger partial charge in [-0.2, -0.15) is 5.26 Å². The molecule has 0 bridgehead atoms. The maximum atomic E-state index is 12.4. The maximum absolute atomic E-state index is 12.4. The molecule has 2 aliphatic rings. The van der Waals surface area contributed by atoms with Crippen LogP contribution in [0.5, 0.6) is 5.75 Å². The fraction of sp³-hybridized carbons (Fsp3) is 0.500. The molecule has 0 saturated carbocycles. The molecule has 104 valence electrons. The first kappa shape index (κ1) is 13.1. The molecule has 1 fully saturated rings.